The third kappa shape index (κ3) is 4.70. The van der Waals surface area contributed by atoms with Crippen LogP contribution in [-0.2, 0) is 19.3 Å². The molecule has 0 amide bonds. The lowest BCUT2D eigenvalue weighted by atomic mass is 9.95. The monoisotopic (exact) mass is 661 g/mol. The second kappa shape index (κ2) is 10.4. The van der Waals surface area contributed by atoms with Crippen molar-refractivity contribution in [2.45, 2.75) is 50.2 Å². The Morgan fingerprint density at radius 1 is 1.07 bits per heavy atom. The first-order valence-corrected chi connectivity index (χ1v) is 15.4. The number of nitrogens with two attached hydrogens (primary N) is 1. The van der Waals surface area contributed by atoms with E-state index >= 15 is 4.39 Å². The summed E-state index contributed by atoms with van der Waals surface area (Å²) in [6, 6.07) is 2.37. The molecule has 0 aliphatic carbocycles. The average molecular weight is 662 g/mol. The van der Waals surface area contributed by atoms with Gasteiger partial charge in [0.2, 0.25) is 0 Å². The van der Waals surface area contributed by atoms with Gasteiger partial charge in [0.1, 0.15) is 41.4 Å². The van der Waals surface area contributed by atoms with Crippen molar-refractivity contribution >= 4 is 43.4 Å². The van der Waals surface area contributed by atoms with Crippen molar-refractivity contribution in [3.8, 4) is 17.3 Å². The topological polar surface area (TPSA) is 111 Å². The molecule has 8 rings (SSSR count). The Balaban J connectivity index is 1.23. The summed E-state index contributed by atoms with van der Waals surface area (Å²) in [4.78, 5) is 25.1. The Bertz CT molecular complexity index is 2020. The molecule has 5 aromatic rings. The quantitative estimate of drug-likeness (QED) is 0.249. The maximum absolute atomic E-state index is 16.5. The number of hydrogen-bond donors (Lipinski definition) is 1. The maximum Gasteiger partial charge on any atom is 0.434 e. The van der Waals surface area contributed by atoms with E-state index in [1.165, 1.54) is 22.9 Å². The molecule has 2 saturated heterocycles. The molecule has 3 aliphatic rings. The summed E-state index contributed by atoms with van der Waals surface area (Å²) in [5, 5.41) is 0.286. The number of fused-ring (bicyclic) bond motifs is 4. The van der Waals surface area contributed by atoms with Crippen molar-refractivity contribution in [1.82, 2.24) is 34.4 Å². The summed E-state index contributed by atoms with van der Waals surface area (Å²) in [5.74, 6) is -1.06. The number of pyridine rings is 1. The number of alkyl halides is 4. The summed E-state index contributed by atoms with van der Waals surface area (Å²) < 4.78 is 93.3. The second-order valence-electron chi connectivity index (χ2n) is 11.9. The highest BCUT2D eigenvalue weighted by Crippen LogP contribution is 2.42. The third-order valence-corrected chi connectivity index (χ3v) is 9.93. The molecule has 0 radical (unpaired) electrons. The molecule has 10 nitrogen and oxygen atoms in total. The summed E-state index contributed by atoms with van der Waals surface area (Å²) in [6.07, 6.45) is -1.36. The number of ether oxygens (including phenoxy) is 1. The number of anilines is 2. The van der Waals surface area contributed by atoms with Gasteiger partial charge in [0, 0.05) is 44.0 Å². The van der Waals surface area contributed by atoms with Crippen LogP contribution in [0, 0.1) is 11.6 Å². The summed E-state index contributed by atoms with van der Waals surface area (Å²) in [6.45, 7) is 1.47. The van der Waals surface area contributed by atoms with E-state index in [9.17, 15) is 22.0 Å². The van der Waals surface area contributed by atoms with Gasteiger partial charge in [-0.1, -0.05) is 11.3 Å². The molecule has 240 valence electrons. The Labute approximate surface area is 260 Å². The highest BCUT2D eigenvalue weighted by Gasteiger charge is 2.49. The average Bonchev–Trinajstić information content (AvgIpc) is 3.78. The fourth-order valence-electron chi connectivity index (χ4n) is 6.92. The molecule has 1 aromatic carbocycles. The summed E-state index contributed by atoms with van der Waals surface area (Å²) in [7, 11) is 0. The minimum atomic E-state index is -4.61. The minimum Gasteiger partial charge on any atom is -0.461 e. The number of nitrogen functional groups attached to an aromatic ring is 1. The molecule has 3 aliphatic heterocycles. The number of imidazole rings is 1. The van der Waals surface area contributed by atoms with Crippen LogP contribution >= 0.6 is 11.3 Å². The van der Waals surface area contributed by atoms with E-state index in [1.54, 1.807) is 4.90 Å². The second-order valence-corrected chi connectivity index (χ2v) is 12.9. The standard InChI is InChI=1S/C29H25F6N9OS/c30-14-8-28(4-1-5-44(28)10-14)13-45-27-40-22-16(25(41-27)43-7-6-42-11-18(29(33,34)35)38-19(42)12-43)9-37-21(20(22)32)15-2-3-17(31)24-23(15)39-26(36)46-24/h2-3,9,11,14H,1,4-8,10,12-13H2,(H2,36,39)/t14-,28+/m1/s1. The van der Waals surface area contributed by atoms with Crippen LogP contribution in [0.2, 0.25) is 0 Å². The zero-order chi connectivity index (χ0) is 32.0. The van der Waals surface area contributed by atoms with Crippen molar-refractivity contribution < 1.29 is 31.1 Å². The van der Waals surface area contributed by atoms with E-state index in [1.807, 2.05) is 0 Å². The molecule has 2 atom stereocenters. The summed E-state index contributed by atoms with van der Waals surface area (Å²) >= 11 is 0.924. The molecule has 2 N–H and O–H groups in total. The van der Waals surface area contributed by atoms with Crippen molar-refractivity contribution in [3.05, 3.63) is 47.7 Å². The van der Waals surface area contributed by atoms with Gasteiger partial charge in [-0.15, -0.1) is 0 Å². The third-order valence-electron chi connectivity index (χ3n) is 9.03. The molecule has 0 spiro atoms. The fourth-order valence-corrected chi connectivity index (χ4v) is 7.68. The number of nitrogens with zero attached hydrogens (tertiary/aromatic N) is 8. The Kier molecular flexibility index (Phi) is 6.58. The van der Waals surface area contributed by atoms with Crippen molar-refractivity contribution in [3.63, 3.8) is 0 Å². The van der Waals surface area contributed by atoms with Crippen LogP contribution in [0.15, 0.2) is 24.5 Å². The smallest absolute Gasteiger partial charge is 0.434 e. The van der Waals surface area contributed by atoms with Crippen LogP contribution in [0.4, 0.5) is 37.3 Å². The Morgan fingerprint density at radius 2 is 1.91 bits per heavy atom. The molecule has 7 heterocycles. The van der Waals surface area contributed by atoms with Gasteiger partial charge < -0.3 is 19.9 Å². The lowest BCUT2D eigenvalue weighted by Crippen LogP contribution is -2.43. The number of aromatic nitrogens is 6. The van der Waals surface area contributed by atoms with Gasteiger partial charge in [-0.05, 0) is 31.5 Å². The predicted octanol–water partition coefficient (Wildman–Crippen LogP) is 5.35. The Morgan fingerprint density at radius 3 is 2.74 bits per heavy atom. The van der Waals surface area contributed by atoms with Crippen molar-refractivity contribution in [1.29, 1.82) is 0 Å². The lowest BCUT2D eigenvalue weighted by molar-refractivity contribution is -0.141. The molecular weight excluding hydrogens is 636 g/mol. The number of rotatable bonds is 5. The van der Waals surface area contributed by atoms with Gasteiger partial charge >= 0.3 is 12.2 Å². The number of benzene rings is 1. The molecule has 46 heavy (non-hydrogen) atoms. The molecule has 17 heteroatoms. The SMILES string of the molecule is Nc1nc2c(-c3ncc4c(N5CCn6cc(C(F)(F)F)nc6C5)nc(OC[C@@]56CCCN5C[C@H](F)C6)nc4c3F)ccc(F)c2s1. The first kappa shape index (κ1) is 29.2. The van der Waals surface area contributed by atoms with Gasteiger partial charge in [0.15, 0.2) is 16.6 Å². The normalized spacial score (nSPS) is 21.8. The predicted molar refractivity (Wildman–Crippen MR) is 157 cm³/mol. The van der Waals surface area contributed by atoms with Crippen LogP contribution in [-0.4, -0.2) is 72.3 Å². The Hall–Kier alpha value is -4.25. The van der Waals surface area contributed by atoms with Gasteiger partial charge in [0.05, 0.1) is 27.7 Å². The molecule has 0 bridgehead atoms. The first-order valence-electron chi connectivity index (χ1n) is 14.6. The maximum atomic E-state index is 16.5. The molecule has 0 unspecified atom stereocenters. The van der Waals surface area contributed by atoms with Crippen molar-refractivity contribution in [2.24, 2.45) is 0 Å². The van der Waals surface area contributed by atoms with Crippen LogP contribution in [0.25, 0.3) is 32.4 Å². The number of thiazole rings is 1. The minimum absolute atomic E-state index is 0.0526. The first-order chi connectivity index (χ1) is 22.0. The van der Waals surface area contributed by atoms with E-state index in [-0.39, 0.29) is 81.4 Å². The molecule has 2 fully saturated rings. The molecule has 0 saturated carbocycles. The number of halogens is 6. The van der Waals surface area contributed by atoms with Crippen LogP contribution in [0.1, 0.15) is 30.8 Å². The van der Waals surface area contributed by atoms with Crippen molar-refractivity contribution in [2.75, 3.05) is 36.9 Å². The lowest BCUT2D eigenvalue weighted by Gasteiger charge is -2.31. The molecule has 4 aromatic heterocycles. The van der Waals surface area contributed by atoms with Crippen LogP contribution in [0.5, 0.6) is 6.01 Å². The van der Waals surface area contributed by atoms with Gasteiger partial charge in [-0.2, -0.15) is 23.1 Å². The highest BCUT2D eigenvalue weighted by molar-refractivity contribution is 7.22. The largest absolute Gasteiger partial charge is 0.461 e. The molecular formula is C29H25F6N9OS. The number of hydrogen-bond acceptors (Lipinski definition) is 10. The highest BCUT2D eigenvalue weighted by atomic mass is 32.1. The van der Waals surface area contributed by atoms with E-state index in [0.717, 1.165) is 36.9 Å². The van der Waals surface area contributed by atoms with E-state index < -0.39 is 35.2 Å². The van der Waals surface area contributed by atoms with Crippen LogP contribution in [0.3, 0.4) is 0 Å². The zero-order valence-corrected chi connectivity index (χ0v) is 24.8. The van der Waals surface area contributed by atoms with Gasteiger partial charge in [-0.25, -0.2) is 23.1 Å². The van der Waals surface area contributed by atoms with E-state index in [0.29, 0.717) is 13.0 Å². The van der Waals surface area contributed by atoms with Crippen LogP contribution < -0.4 is 15.4 Å². The van der Waals surface area contributed by atoms with Gasteiger partial charge in [-0.3, -0.25) is 9.88 Å². The van der Waals surface area contributed by atoms with E-state index in [2.05, 4.69) is 29.8 Å². The van der Waals surface area contributed by atoms with E-state index in [4.69, 9.17) is 10.5 Å². The van der Waals surface area contributed by atoms with Gasteiger partial charge in [0.25, 0.3) is 0 Å². The zero-order valence-electron chi connectivity index (χ0n) is 24.0. The summed E-state index contributed by atoms with van der Waals surface area (Å²) in [5.41, 5.74) is 4.32. The fraction of sp³-hybridized carbons (Fsp3) is 0.414.